The predicted octanol–water partition coefficient (Wildman–Crippen LogP) is 3.45. The lowest BCUT2D eigenvalue weighted by atomic mass is 9.97. The van der Waals surface area contributed by atoms with Crippen molar-refractivity contribution in [1.82, 2.24) is 24.6 Å². The number of hydrogen-bond donors (Lipinski definition) is 2. The Morgan fingerprint density at radius 1 is 1.18 bits per heavy atom. The molecule has 2 N–H and O–H groups in total. The molecule has 33 heavy (non-hydrogen) atoms. The number of fused-ring (bicyclic) bond motifs is 1. The van der Waals surface area contributed by atoms with E-state index >= 15 is 0 Å². The van der Waals surface area contributed by atoms with Gasteiger partial charge in [0.2, 0.25) is 5.91 Å². The summed E-state index contributed by atoms with van der Waals surface area (Å²) in [5, 5.41) is 9.41. The van der Waals surface area contributed by atoms with Crippen molar-refractivity contribution >= 4 is 22.4 Å². The van der Waals surface area contributed by atoms with Crippen molar-refractivity contribution < 1.29 is 4.79 Å². The van der Waals surface area contributed by atoms with Crippen LogP contribution in [0.2, 0.25) is 0 Å². The maximum absolute atomic E-state index is 12.8. The molecule has 1 saturated heterocycles. The summed E-state index contributed by atoms with van der Waals surface area (Å²) in [7, 11) is 0. The number of amides is 1. The van der Waals surface area contributed by atoms with E-state index in [0.717, 1.165) is 60.4 Å². The lowest BCUT2D eigenvalue weighted by Gasteiger charge is -2.31. The summed E-state index contributed by atoms with van der Waals surface area (Å²) in [5.74, 6) is 0.829. The topological polar surface area (TPSA) is 95.9 Å². The molecule has 2 aromatic carbocycles. The van der Waals surface area contributed by atoms with E-state index in [2.05, 4.69) is 20.2 Å². The van der Waals surface area contributed by atoms with Gasteiger partial charge in [0.25, 0.3) is 0 Å². The van der Waals surface area contributed by atoms with Gasteiger partial charge < -0.3 is 5.32 Å². The van der Waals surface area contributed by atoms with E-state index in [-0.39, 0.29) is 17.5 Å². The standard InChI is InChI=1S/C25H26N6O2/c1-17(32)27-21-9-7-18(8-10-21)15-30-13-3-5-20(16-30)24-28-25(33)31(29-24)23-6-2-4-19-14-26-12-11-22(19)23/h2,4,6-12,14,20H,3,5,13,15-16H2,1H3,(H,27,32)(H,28,29,33). The van der Waals surface area contributed by atoms with Gasteiger partial charge >= 0.3 is 5.69 Å². The van der Waals surface area contributed by atoms with Gasteiger partial charge in [-0.1, -0.05) is 24.3 Å². The molecule has 0 saturated carbocycles. The number of hydrogen-bond acceptors (Lipinski definition) is 5. The number of carbonyl (C=O) groups excluding carboxylic acids is 1. The van der Waals surface area contributed by atoms with Crippen molar-refractivity contribution in [2.24, 2.45) is 0 Å². The first-order valence-electron chi connectivity index (χ1n) is 11.2. The molecule has 5 rings (SSSR count). The molecule has 8 heteroatoms. The molecule has 0 radical (unpaired) electrons. The molecule has 1 fully saturated rings. The van der Waals surface area contributed by atoms with E-state index in [1.807, 2.05) is 48.5 Å². The quantitative estimate of drug-likeness (QED) is 0.494. The molecule has 3 heterocycles. The summed E-state index contributed by atoms with van der Waals surface area (Å²) >= 11 is 0. The average molecular weight is 443 g/mol. The first-order chi connectivity index (χ1) is 16.1. The van der Waals surface area contributed by atoms with Gasteiger partial charge in [-0.2, -0.15) is 4.68 Å². The third kappa shape index (κ3) is 4.56. The molecule has 1 aliphatic heterocycles. The van der Waals surface area contributed by atoms with Crippen LogP contribution in [0.5, 0.6) is 0 Å². The minimum atomic E-state index is -0.222. The largest absolute Gasteiger partial charge is 0.348 e. The maximum Gasteiger partial charge on any atom is 0.348 e. The molecular formula is C25H26N6O2. The third-order valence-electron chi connectivity index (χ3n) is 6.09. The number of pyridine rings is 1. The lowest BCUT2D eigenvalue weighted by molar-refractivity contribution is -0.114. The van der Waals surface area contributed by atoms with E-state index in [9.17, 15) is 9.59 Å². The highest BCUT2D eigenvalue weighted by molar-refractivity contribution is 5.89. The summed E-state index contributed by atoms with van der Waals surface area (Å²) in [6.45, 7) is 4.16. The molecule has 168 valence electrons. The second-order valence-electron chi connectivity index (χ2n) is 8.55. The SMILES string of the molecule is CC(=O)Nc1ccc(CN2CCCC(c3nn(-c4cccc5cnccc45)c(=O)[nH]3)C2)cc1. The van der Waals surface area contributed by atoms with Crippen molar-refractivity contribution in [2.45, 2.75) is 32.2 Å². The van der Waals surface area contributed by atoms with Gasteiger partial charge in [0.15, 0.2) is 0 Å². The Morgan fingerprint density at radius 2 is 2.03 bits per heavy atom. The second-order valence-corrected chi connectivity index (χ2v) is 8.55. The third-order valence-corrected chi connectivity index (χ3v) is 6.09. The summed E-state index contributed by atoms with van der Waals surface area (Å²) in [6, 6.07) is 15.7. The summed E-state index contributed by atoms with van der Waals surface area (Å²) in [5.41, 5.74) is 2.53. The Bertz CT molecular complexity index is 1340. The first kappa shape index (κ1) is 21.1. The number of rotatable bonds is 5. The molecule has 1 aliphatic rings. The van der Waals surface area contributed by atoms with E-state index < -0.39 is 0 Å². The van der Waals surface area contributed by atoms with Crippen molar-refractivity contribution in [3.63, 3.8) is 0 Å². The fraction of sp³-hybridized carbons (Fsp3) is 0.280. The van der Waals surface area contributed by atoms with Crippen molar-refractivity contribution in [3.8, 4) is 5.69 Å². The monoisotopic (exact) mass is 442 g/mol. The highest BCUT2D eigenvalue weighted by Crippen LogP contribution is 2.26. The molecule has 1 unspecified atom stereocenters. The average Bonchev–Trinajstić information content (AvgIpc) is 3.21. The number of nitrogens with zero attached hydrogens (tertiary/aromatic N) is 4. The molecule has 8 nitrogen and oxygen atoms in total. The van der Waals surface area contributed by atoms with Crippen LogP contribution < -0.4 is 11.0 Å². The minimum absolute atomic E-state index is 0.0739. The number of likely N-dealkylation sites (tertiary alicyclic amines) is 1. The number of benzene rings is 2. The predicted molar refractivity (Wildman–Crippen MR) is 127 cm³/mol. The highest BCUT2D eigenvalue weighted by atomic mass is 16.2. The van der Waals surface area contributed by atoms with Crippen molar-refractivity contribution in [1.29, 1.82) is 0 Å². The van der Waals surface area contributed by atoms with Gasteiger partial charge in [0, 0.05) is 54.8 Å². The van der Waals surface area contributed by atoms with Gasteiger partial charge in [-0.05, 0) is 49.2 Å². The van der Waals surface area contributed by atoms with Gasteiger partial charge in [0.05, 0.1) is 5.69 Å². The Morgan fingerprint density at radius 3 is 2.85 bits per heavy atom. The number of H-pyrrole nitrogens is 1. The fourth-order valence-corrected chi connectivity index (χ4v) is 4.56. The molecule has 1 atom stereocenters. The zero-order chi connectivity index (χ0) is 22.8. The van der Waals surface area contributed by atoms with Gasteiger partial charge in [-0.25, -0.2) is 4.79 Å². The fourth-order valence-electron chi connectivity index (χ4n) is 4.56. The normalized spacial score (nSPS) is 16.7. The number of carbonyl (C=O) groups is 1. The summed E-state index contributed by atoms with van der Waals surface area (Å²) in [6.07, 6.45) is 5.55. The van der Waals surface area contributed by atoms with Crippen LogP contribution in [0.1, 0.15) is 37.1 Å². The second kappa shape index (κ2) is 8.99. The number of piperidine rings is 1. The smallest absolute Gasteiger partial charge is 0.326 e. The zero-order valence-electron chi connectivity index (χ0n) is 18.5. The summed E-state index contributed by atoms with van der Waals surface area (Å²) < 4.78 is 1.47. The Hall–Kier alpha value is -3.78. The Kier molecular flexibility index (Phi) is 5.75. The van der Waals surface area contributed by atoms with Crippen LogP contribution in [0, 0.1) is 0 Å². The van der Waals surface area contributed by atoms with Gasteiger partial charge in [0.1, 0.15) is 5.82 Å². The zero-order valence-corrected chi connectivity index (χ0v) is 18.5. The molecule has 0 aliphatic carbocycles. The minimum Gasteiger partial charge on any atom is -0.326 e. The van der Waals surface area contributed by atoms with Crippen molar-refractivity contribution in [2.75, 3.05) is 18.4 Å². The molecule has 4 aromatic rings. The number of aromatic nitrogens is 4. The van der Waals surface area contributed by atoms with Crippen LogP contribution in [-0.4, -0.2) is 43.6 Å². The number of aromatic amines is 1. The molecule has 2 aromatic heterocycles. The van der Waals surface area contributed by atoms with Crippen LogP contribution in [0.3, 0.4) is 0 Å². The van der Waals surface area contributed by atoms with Gasteiger partial charge in [-0.3, -0.25) is 19.7 Å². The van der Waals surface area contributed by atoms with Gasteiger partial charge in [-0.15, -0.1) is 5.10 Å². The van der Waals surface area contributed by atoms with E-state index in [0.29, 0.717) is 0 Å². The number of nitrogens with one attached hydrogen (secondary N) is 2. The first-order valence-corrected chi connectivity index (χ1v) is 11.2. The molecule has 0 spiro atoms. The van der Waals surface area contributed by atoms with Crippen molar-refractivity contribution in [3.05, 3.63) is 82.8 Å². The Labute approximate surface area is 191 Å². The van der Waals surface area contributed by atoms with E-state index in [1.165, 1.54) is 17.2 Å². The maximum atomic E-state index is 12.8. The molecular weight excluding hydrogens is 416 g/mol. The van der Waals surface area contributed by atoms with Crippen LogP contribution in [0.25, 0.3) is 16.5 Å². The van der Waals surface area contributed by atoms with Crippen LogP contribution in [0.4, 0.5) is 5.69 Å². The number of anilines is 1. The molecule has 0 bridgehead atoms. The van der Waals surface area contributed by atoms with E-state index in [1.54, 1.807) is 12.4 Å². The lowest BCUT2D eigenvalue weighted by Crippen LogP contribution is -2.34. The Balaban J connectivity index is 1.33. The van der Waals surface area contributed by atoms with Crippen LogP contribution in [-0.2, 0) is 11.3 Å². The molecule has 1 amide bonds. The van der Waals surface area contributed by atoms with Crippen LogP contribution >= 0.6 is 0 Å². The summed E-state index contributed by atoms with van der Waals surface area (Å²) in [4.78, 5) is 33.6. The highest BCUT2D eigenvalue weighted by Gasteiger charge is 2.25. The van der Waals surface area contributed by atoms with Crippen LogP contribution in [0.15, 0.2) is 65.7 Å². The van der Waals surface area contributed by atoms with E-state index in [4.69, 9.17) is 5.10 Å².